The van der Waals surface area contributed by atoms with Crippen LogP contribution >= 0.6 is 0 Å². The van der Waals surface area contributed by atoms with Crippen molar-refractivity contribution in [2.45, 2.75) is 45.1 Å². The zero-order valence-corrected chi connectivity index (χ0v) is 7.39. The molecule has 1 aliphatic rings. The topological polar surface area (TPSA) is 43.1 Å². The van der Waals surface area contributed by atoms with Crippen molar-refractivity contribution in [3.8, 4) is 0 Å². The van der Waals surface area contributed by atoms with Gasteiger partial charge in [0.15, 0.2) is 0 Å². The Labute approximate surface area is 68.2 Å². The first kappa shape index (κ1) is 8.72. The summed E-state index contributed by atoms with van der Waals surface area (Å²) in [6.07, 6.45) is 3.95. The zero-order valence-electron chi connectivity index (χ0n) is 7.39. The molecule has 2 N–H and O–H groups in total. The Balaban J connectivity index is 2.62. The average Bonchev–Trinajstić information content (AvgIpc) is 1.86. The third-order valence-corrected chi connectivity index (χ3v) is 2.45. The van der Waals surface area contributed by atoms with Gasteiger partial charge in [0.2, 0.25) is 0 Å². The van der Waals surface area contributed by atoms with Crippen LogP contribution in [0.1, 0.15) is 39.5 Å². The summed E-state index contributed by atoms with van der Waals surface area (Å²) in [6, 6.07) is 0. The predicted octanol–water partition coefficient (Wildman–Crippen LogP) is 1.48. The standard InChI is InChI=1S/C9H17NO/c1-9(2,10)7-5-3-4-6-8(7)11/h7H,3-6,10H2,1-2H3. The Bertz CT molecular complexity index is 157. The lowest BCUT2D eigenvalue weighted by Crippen LogP contribution is -2.46. The van der Waals surface area contributed by atoms with Crippen LogP contribution in [0.3, 0.4) is 0 Å². The average molecular weight is 155 g/mol. The molecular formula is C9H17NO. The molecule has 1 unspecified atom stereocenters. The van der Waals surface area contributed by atoms with Crippen molar-refractivity contribution in [3.63, 3.8) is 0 Å². The summed E-state index contributed by atoms with van der Waals surface area (Å²) in [6.45, 7) is 3.89. The summed E-state index contributed by atoms with van der Waals surface area (Å²) >= 11 is 0. The maximum Gasteiger partial charge on any atom is 0.137 e. The smallest absolute Gasteiger partial charge is 0.137 e. The molecule has 0 aliphatic heterocycles. The van der Waals surface area contributed by atoms with Crippen LogP contribution < -0.4 is 5.73 Å². The molecule has 0 aromatic heterocycles. The van der Waals surface area contributed by atoms with E-state index in [1.54, 1.807) is 0 Å². The van der Waals surface area contributed by atoms with E-state index in [9.17, 15) is 4.79 Å². The van der Waals surface area contributed by atoms with Gasteiger partial charge in [-0.2, -0.15) is 0 Å². The molecule has 1 saturated carbocycles. The van der Waals surface area contributed by atoms with Crippen LogP contribution in [-0.2, 0) is 4.79 Å². The molecule has 2 heteroatoms. The van der Waals surface area contributed by atoms with Crippen LogP contribution in [0.4, 0.5) is 0 Å². The minimum absolute atomic E-state index is 0.108. The monoisotopic (exact) mass is 155 g/mol. The molecule has 64 valence electrons. The second-order valence-corrected chi connectivity index (χ2v) is 4.09. The van der Waals surface area contributed by atoms with Crippen LogP contribution in [-0.4, -0.2) is 11.3 Å². The molecule has 1 aliphatic carbocycles. The van der Waals surface area contributed by atoms with Crippen molar-refractivity contribution in [1.82, 2.24) is 0 Å². The molecule has 0 bridgehead atoms. The normalized spacial score (nSPS) is 27.2. The van der Waals surface area contributed by atoms with Crippen LogP contribution in [0.2, 0.25) is 0 Å². The Morgan fingerprint density at radius 3 is 2.45 bits per heavy atom. The summed E-state index contributed by atoms with van der Waals surface area (Å²) in [5.74, 6) is 0.472. The van der Waals surface area contributed by atoms with E-state index in [0.717, 1.165) is 25.7 Å². The number of nitrogens with two attached hydrogens (primary N) is 1. The lowest BCUT2D eigenvalue weighted by atomic mass is 9.76. The van der Waals surface area contributed by atoms with Crippen LogP contribution in [0.5, 0.6) is 0 Å². The second-order valence-electron chi connectivity index (χ2n) is 4.09. The molecule has 11 heavy (non-hydrogen) atoms. The molecule has 2 nitrogen and oxygen atoms in total. The third-order valence-electron chi connectivity index (χ3n) is 2.45. The molecule has 0 radical (unpaired) electrons. The molecule has 1 fully saturated rings. The van der Waals surface area contributed by atoms with Crippen molar-refractivity contribution in [2.24, 2.45) is 11.7 Å². The summed E-state index contributed by atoms with van der Waals surface area (Å²) in [4.78, 5) is 11.4. The summed E-state index contributed by atoms with van der Waals surface area (Å²) < 4.78 is 0. The van der Waals surface area contributed by atoms with Gasteiger partial charge < -0.3 is 5.73 Å². The van der Waals surface area contributed by atoms with Crippen molar-refractivity contribution < 1.29 is 4.79 Å². The highest BCUT2D eigenvalue weighted by molar-refractivity contribution is 5.82. The highest BCUT2D eigenvalue weighted by atomic mass is 16.1. The minimum atomic E-state index is -0.308. The number of rotatable bonds is 1. The van der Waals surface area contributed by atoms with E-state index in [1.165, 1.54) is 0 Å². The number of ketones is 1. The minimum Gasteiger partial charge on any atom is -0.325 e. The first-order valence-corrected chi connectivity index (χ1v) is 4.33. The van der Waals surface area contributed by atoms with E-state index in [-0.39, 0.29) is 11.5 Å². The van der Waals surface area contributed by atoms with Gasteiger partial charge in [-0.3, -0.25) is 4.79 Å². The van der Waals surface area contributed by atoms with E-state index in [0.29, 0.717) is 5.78 Å². The molecule has 0 aromatic carbocycles. The molecule has 0 saturated heterocycles. The summed E-state index contributed by atoms with van der Waals surface area (Å²) in [5, 5.41) is 0. The lowest BCUT2D eigenvalue weighted by molar-refractivity contribution is -0.126. The maximum absolute atomic E-state index is 11.4. The van der Waals surface area contributed by atoms with Gasteiger partial charge >= 0.3 is 0 Å². The summed E-state index contributed by atoms with van der Waals surface area (Å²) in [5.41, 5.74) is 5.57. The van der Waals surface area contributed by atoms with Gasteiger partial charge in [-0.1, -0.05) is 6.42 Å². The molecule has 1 atom stereocenters. The number of carbonyl (C=O) groups is 1. The number of hydrogen-bond donors (Lipinski definition) is 1. The Morgan fingerprint density at radius 1 is 1.45 bits per heavy atom. The molecule has 0 heterocycles. The predicted molar refractivity (Wildman–Crippen MR) is 45.2 cm³/mol. The van der Waals surface area contributed by atoms with Gasteiger partial charge in [0.05, 0.1) is 0 Å². The summed E-state index contributed by atoms with van der Waals surface area (Å²) in [7, 11) is 0. The number of Topliss-reactive ketones (excluding diaryl/α,β-unsaturated/α-hetero) is 1. The van der Waals surface area contributed by atoms with E-state index in [4.69, 9.17) is 5.73 Å². The Hall–Kier alpha value is -0.370. The van der Waals surface area contributed by atoms with Crippen LogP contribution in [0, 0.1) is 5.92 Å². The van der Waals surface area contributed by atoms with Gasteiger partial charge in [0.1, 0.15) is 5.78 Å². The quantitative estimate of drug-likeness (QED) is 0.623. The van der Waals surface area contributed by atoms with E-state index < -0.39 is 0 Å². The Kier molecular flexibility index (Phi) is 2.33. The molecule has 0 aromatic rings. The first-order chi connectivity index (χ1) is 5.02. The zero-order chi connectivity index (χ0) is 8.48. The molecule has 0 amide bonds. The number of hydrogen-bond acceptors (Lipinski definition) is 2. The van der Waals surface area contributed by atoms with E-state index in [2.05, 4.69) is 0 Å². The van der Waals surface area contributed by atoms with Gasteiger partial charge in [0, 0.05) is 17.9 Å². The second kappa shape index (κ2) is 2.94. The number of carbonyl (C=O) groups excluding carboxylic acids is 1. The fourth-order valence-electron chi connectivity index (χ4n) is 1.77. The third kappa shape index (κ3) is 2.03. The largest absolute Gasteiger partial charge is 0.325 e. The molecular weight excluding hydrogens is 138 g/mol. The fourth-order valence-corrected chi connectivity index (χ4v) is 1.77. The van der Waals surface area contributed by atoms with Gasteiger partial charge in [-0.15, -0.1) is 0 Å². The van der Waals surface area contributed by atoms with Crippen molar-refractivity contribution in [2.75, 3.05) is 0 Å². The highest BCUT2D eigenvalue weighted by Gasteiger charge is 2.32. The lowest BCUT2D eigenvalue weighted by Gasteiger charge is -2.32. The van der Waals surface area contributed by atoms with Crippen molar-refractivity contribution in [1.29, 1.82) is 0 Å². The van der Waals surface area contributed by atoms with Crippen LogP contribution in [0.25, 0.3) is 0 Å². The van der Waals surface area contributed by atoms with Crippen molar-refractivity contribution in [3.05, 3.63) is 0 Å². The van der Waals surface area contributed by atoms with Crippen LogP contribution in [0.15, 0.2) is 0 Å². The van der Waals surface area contributed by atoms with E-state index >= 15 is 0 Å². The first-order valence-electron chi connectivity index (χ1n) is 4.33. The molecule has 1 rings (SSSR count). The molecule has 0 spiro atoms. The van der Waals surface area contributed by atoms with Crippen molar-refractivity contribution >= 4 is 5.78 Å². The van der Waals surface area contributed by atoms with Gasteiger partial charge in [-0.25, -0.2) is 0 Å². The van der Waals surface area contributed by atoms with Gasteiger partial charge in [-0.05, 0) is 26.7 Å². The Morgan fingerprint density at radius 2 is 2.09 bits per heavy atom. The highest BCUT2D eigenvalue weighted by Crippen LogP contribution is 2.27. The maximum atomic E-state index is 11.4. The van der Waals surface area contributed by atoms with Gasteiger partial charge in [0.25, 0.3) is 0 Å². The fraction of sp³-hybridized carbons (Fsp3) is 0.889. The SMILES string of the molecule is CC(C)(N)C1CCCCC1=O. The van der Waals surface area contributed by atoms with E-state index in [1.807, 2.05) is 13.8 Å².